The third kappa shape index (κ3) is 3.57. The smallest absolute Gasteiger partial charge is 0.336 e. The van der Waals surface area contributed by atoms with Crippen molar-refractivity contribution in [3.05, 3.63) is 46.0 Å². The Morgan fingerprint density at radius 2 is 2.20 bits per heavy atom. The number of nitro benzene ring substituents is 1. The second kappa shape index (κ2) is 6.70. The van der Waals surface area contributed by atoms with E-state index < -0.39 is 10.9 Å². The predicted molar refractivity (Wildman–Crippen MR) is 77.5 cm³/mol. The summed E-state index contributed by atoms with van der Waals surface area (Å²) in [4.78, 5) is 23.4. The Morgan fingerprint density at radius 3 is 2.70 bits per heavy atom. The number of nitrogens with zero attached hydrogens (tertiary/aromatic N) is 2. The van der Waals surface area contributed by atoms with Crippen LogP contribution in [0.4, 0.5) is 11.4 Å². The number of carbonyl (C=O) groups is 1. The van der Waals surface area contributed by atoms with Gasteiger partial charge in [-0.05, 0) is 25.8 Å². The van der Waals surface area contributed by atoms with Gasteiger partial charge in [-0.1, -0.05) is 6.08 Å². The summed E-state index contributed by atoms with van der Waals surface area (Å²) in [6.07, 6.45) is 3.49. The number of benzene rings is 1. The van der Waals surface area contributed by atoms with Crippen LogP contribution in [0.15, 0.2) is 24.8 Å². The number of allylic oxidation sites excluding steroid dienone is 1. The zero-order chi connectivity index (χ0) is 15.3. The molecule has 0 amide bonds. The monoisotopic (exact) mass is 278 g/mol. The molecule has 108 valence electrons. The summed E-state index contributed by atoms with van der Waals surface area (Å²) < 4.78 is 0. The molecule has 0 saturated heterocycles. The minimum Gasteiger partial charge on any atom is -0.478 e. The summed E-state index contributed by atoms with van der Waals surface area (Å²) in [7, 11) is 1.79. The van der Waals surface area contributed by atoms with Crippen LogP contribution in [0.2, 0.25) is 0 Å². The maximum Gasteiger partial charge on any atom is 0.336 e. The molecule has 1 N–H and O–H groups in total. The number of anilines is 1. The molecule has 0 aromatic heterocycles. The Balaban J connectivity index is 3.19. The summed E-state index contributed by atoms with van der Waals surface area (Å²) in [6.45, 7) is 5.94. The molecular formula is C14H18N2O4. The summed E-state index contributed by atoms with van der Waals surface area (Å²) in [5.74, 6) is -1.17. The topological polar surface area (TPSA) is 83.7 Å². The van der Waals surface area contributed by atoms with Gasteiger partial charge in [-0.25, -0.2) is 4.79 Å². The standard InChI is InChI=1S/C14H18N2O4/c1-4-5-6-7-15(3)12-8-11(14(17)18)9-13(10(12)2)16(19)20/h4,8-9H,1,5-7H2,2-3H3,(H,17,18). The summed E-state index contributed by atoms with van der Waals surface area (Å²) in [6, 6.07) is 2.57. The summed E-state index contributed by atoms with van der Waals surface area (Å²) >= 11 is 0. The molecule has 1 rings (SSSR count). The van der Waals surface area contributed by atoms with Gasteiger partial charge in [0.05, 0.1) is 16.1 Å². The van der Waals surface area contributed by atoms with Gasteiger partial charge in [-0.15, -0.1) is 6.58 Å². The Kier molecular flexibility index (Phi) is 5.25. The van der Waals surface area contributed by atoms with Crippen LogP contribution in [-0.4, -0.2) is 29.6 Å². The van der Waals surface area contributed by atoms with Gasteiger partial charge in [0, 0.05) is 25.3 Å². The highest BCUT2D eigenvalue weighted by Crippen LogP contribution is 2.30. The van der Waals surface area contributed by atoms with Crippen LogP contribution < -0.4 is 4.90 Å². The summed E-state index contributed by atoms with van der Waals surface area (Å²) in [5.41, 5.74) is 0.796. The molecule has 1 aromatic carbocycles. The second-order valence-corrected chi connectivity index (χ2v) is 4.55. The van der Waals surface area contributed by atoms with Gasteiger partial charge in [-0.2, -0.15) is 0 Å². The van der Waals surface area contributed by atoms with E-state index >= 15 is 0 Å². The van der Waals surface area contributed by atoms with Gasteiger partial charge in [-0.3, -0.25) is 10.1 Å². The van der Waals surface area contributed by atoms with Gasteiger partial charge < -0.3 is 10.0 Å². The highest BCUT2D eigenvalue weighted by Gasteiger charge is 2.20. The van der Waals surface area contributed by atoms with Crippen molar-refractivity contribution >= 4 is 17.3 Å². The minimum absolute atomic E-state index is 0.0760. The molecule has 0 spiro atoms. The molecule has 1 aromatic rings. The lowest BCUT2D eigenvalue weighted by atomic mass is 10.1. The molecular weight excluding hydrogens is 260 g/mol. The highest BCUT2D eigenvalue weighted by atomic mass is 16.6. The van der Waals surface area contributed by atoms with E-state index in [4.69, 9.17) is 5.11 Å². The van der Waals surface area contributed by atoms with E-state index in [-0.39, 0.29) is 11.3 Å². The quantitative estimate of drug-likeness (QED) is 0.359. The fourth-order valence-corrected chi connectivity index (χ4v) is 1.99. The van der Waals surface area contributed by atoms with Crippen molar-refractivity contribution in [3.8, 4) is 0 Å². The molecule has 0 bridgehead atoms. The number of nitro groups is 1. The first-order valence-electron chi connectivity index (χ1n) is 6.22. The Hall–Kier alpha value is -2.37. The molecule has 0 fully saturated rings. The lowest BCUT2D eigenvalue weighted by Crippen LogP contribution is -2.20. The zero-order valence-corrected chi connectivity index (χ0v) is 11.6. The molecule has 0 aliphatic rings. The molecule has 0 radical (unpaired) electrons. The van der Waals surface area contributed by atoms with Crippen molar-refractivity contribution in [1.29, 1.82) is 0 Å². The second-order valence-electron chi connectivity index (χ2n) is 4.55. The van der Waals surface area contributed by atoms with Crippen molar-refractivity contribution < 1.29 is 14.8 Å². The van der Waals surface area contributed by atoms with E-state index in [1.54, 1.807) is 20.0 Å². The molecule has 0 aliphatic carbocycles. The number of hydrogen-bond donors (Lipinski definition) is 1. The molecule has 20 heavy (non-hydrogen) atoms. The van der Waals surface area contributed by atoms with Crippen molar-refractivity contribution in [1.82, 2.24) is 0 Å². The number of rotatable bonds is 7. The van der Waals surface area contributed by atoms with E-state index in [1.807, 2.05) is 4.90 Å². The normalized spacial score (nSPS) is 10.1. The van der Waals surface area contributed by atoms with Gasteiger partial charge >= 0.3 is 5.97 Å². The molecule has 0 saturated carbocycles. The molecule has 0 atom stereocenters. The van der Waals surface area contributed by atoms with Crippen LogP contribution in [-0.2, 0) is 0 Å². The number of aromatic carboxylic acids is 1. The molecule has 0 unspecified atom stereocenters. The first kappa shape index (κ1) is 15.7. The average Bonchev–Trinajstić information content (AvgIpc) is 2.38. The van der Waals surface area contributed by atoms with Crippen LogP contribution in [0.5, 0.6) is 0 Å². The van der Waals surface area contributed by atoms with Gasteiger partial charge in [0.1, 0.15) is 0 Å². The Labute approximate surface area is 117 Å². The van der Waals surface area contributed by atoms with Crippen molar-refractivity contribution in [2.45, 2.75) is 19.8 Å². The SMILES string of the molecule is C=CCCCN(C)c1cc(C(=O)O)cc([N+](=O)[O-])c1C. The fourth-order valence-electron chi connectivity index (χ4n) is 1.99. The number of carboxylic acids is 1. The molecule has 6 heteroatoms. The van der Waals surface area contributed by atoms with E-state index in [0.717, 1.165) is 18.9 Å². The summed E-state index contributed by atoms with van der Waals surface area (Å²) in [5, 5.41) is 20.1. The lowest BCUT2D eigenvalue weighted by Gasteiger charge is -2.21. The maximum absolute atomic E-state index is 11.1. The number of unbranched alkanes of at least 4 members (excludes halogenated alkanes) is 1. The van der Waals surface area contributed by atoms with E-state index in [0.29, 0.717) is 17.8 Å². The largest absolute Gasteiger partial charge is 0.478 e. The highest BCUT2D eigenvalue weighted by molar-refractivity contribution is 5.90. The van der Waals surface area contributed by atoms with E-state index in [1.165, 1.54) is 6.07 Å². The van der Waals surface area contributed by atoms with Crippen LogP contribution in [0.25, 0.3) is 0 Å². The third-order valence-corrected chi connectivity index (χ3v) is 3.11. The van der Waals surface area contributed by atoms with Gasteiger partial charge in [0.2, 0.25) is 0 Å². The lowest BCUT2D eigenvalue weighted by molar-refractivity contribution is -0.385. The average molecular weight is 278 g/mol. The zero-order valence-electron chi connectivity index (χ0n) is 11.6. The Bertz CT molecular complexity index is 540. The first-order chi connectivity index (χ1) is 9.38. The minimum atomic E-state index is -1.17. The predicted octanol–water partition coefficient (Wildman–Crippen LogP) is 3.00. The Morgan fingerprint density at radius 1 is 1.55 bits per heavy atom. The number of carboxylic acid groups (broad SMARTS) is 1. The third-order valence-electron chi connectivity index (χ3n) is 3.11. The van der Waals surface area contributed by atoms with Crippen molar-refractivity contribution in [2.24, 2.45) is 0 Å². The van der Waals surface area contributed by atoms with E-state index in [2.05, 4.69) is 6.58 Å². The van der Waals surface area contributed by atoms with Crippen LogP contribution in [0, 0.1) is 17.0 Å². The van der Waals surface area contributed by atoms with Crippen LogP contribution >= 0.6 is 0 Å². The fraction of sp³-hybridized carbons (Fsp3) is 0.357. The van der Waals surface area contributed by atoms with Crippen LogP contribution in [0.3, 0.4) is 0 Å². The van der Waals surface area contributed by atoms with Crippen LogP contribution in [0.1, 0.15) is 28.8 Å². The maximum atomic E-state index is 11.1. The van der Waals surface area contributed by atoms with Gasteiger partial charge in [0.25, 0.3) is 5.69 Å². The number of hydrogen-bond acceptors (Lipinski definition) is 4. The molecule has 0 heterocycles. The molecule has 0 aliphatic heterocycles. The first-order valence-corrected chi connectivity index (χ1v) is 6.22. The van der Waals surface area contributed by atoms with Crippen molar-refractivity contribution in [2.75, 3.05) is 18.5 Å². The van der Waals surface area contributed by atoms with Crippen molar-refractivity contribution in [3.63, 3.8) is 0 Å². The van der Waals surface area contributed by atoms with Gasteiger partial charge in [0.15, 0.2) is 0 Å². The molecule has 6 nitrogen and oxygen atoms in total. The van der Waals surface area contributed by atoms with E-state index in [9.17, 15) is 14.9 Å².